The Bertz CT molecular complexity index is 905. The van der Waals surface area contributed by atoms with E-state index in [2.05, 4.69) is 15.4 Å². The fraction of sp³-hybridized carbons (Fsp3) is 0.450. The Morgan fingerprint density at radius 3 is 2.62 bits per heavy atom. The lowest BCUT2D eigenvalue weighted by atomic mass is 9.97. The minimum absolute atomic E-state index is 0.00391. The molecule has 0 aromatic heterocycles. The minimum atomic E-state index is -4.39. The van der Waals surface area contributed by atoms with Crippen molar-refractivity contribution in [2.75, 3.05) is 20.1 Å². The van der Waals surface area contributed by atoms with Crippen LogP contribution in [-0.4, -0.2) is 48.8 Å². The van der Waals surface area contributed by atoms with Crippen LogP contribution in [0.3, 0.4) is 0 Å². The number of fused-ring (bicyclic) bond motifs is 1. The van der Waals surface area contributed by atoms with Gasteiger partial charge in [0.2, 0.25) is 5.91 Å². The van der Waals surface area contributed by atoms with Gasteiger partial charge in [-0.3, -0.25) is 9.80 Å². The number of carbonyl (C=O) groups is 1. The molecule has 154 valence electrons. The number of carbonyl (C=O) groups excluding carboxylic acids is 1. The average molecular weight is 406 g/mol. The Morgan fingerprint density at radius 1 is 1.28 bits per heavy atom. The summed E-state index contributed by atoms with van der Waals surface area (Å²) in [4.78, 5) is 16.1. The first-order chi connectivity index (χ1) is 13.7. The van der Waals surface area contributed by atoms with Gasteiger partial charge < -0.3 is 10.1 Å². The molecule has 3 heterocycles. The van der Waals surface area contributed by atoms with Gasteiger partial charge in [-0.05, 0) is 25.1 Å². The molecule has 0 spiro atoms. The summed E-state index contributed by atoms with van der Waals surface area (Å²) < 4.78 is 44.7. The van der Waals surface area contributed by atoms with Crippen LogP contribution >= 0.6 is 0 Å². The Hall–Kier alpha value is -2.84. The third kappa shape index (κ3) is 3.99. The van der Waals surface area contributed by atoms with Crippen molar-refractivity contribution in [3.05, 3.63) is 41.5 Å². The van der Waals surface area contributed by atoms with Crippen molar-refractivity contribution in [2.24, 2.45) is 21.9 Å². The van der Waals surface area contributed by atoms with Crippen LogP contribution in [0.15, 0.2) is 40.4 Å². The maximum absolute atomic E-state index is 12.8. The molecule has 0 bridgehead atoms. The predicted octanol–water partition coefficient (Wildman–Crippen LogP) is 2.92. The number of allylic oxidation sites excluding steroid dienone is 1. The Balaban J connectivity index is 1.60. The van der Waals surface area contributed by atoms with Crippen molar-refractivity contribution in [3.63, 3.8) is 0 Å². The first-order valence-electron chi connectivity index (χ1n) is 9.41. The largest absolute Gasteiger partial charge is 0.477 e. The second-order valence-electron chi connectivity index (χ2n) is 7.56. The van der Waals surface area contributed by atoms with Crippen LogP contribution in [0.25, 0.3) is 5.70 Å². The van der Waals surface area contributed by atoms with Gasteiger partial charge in [-0.1, -0.05) is 12.1 Å². The van der Waals surface area contributed by atoms with E-state index in [-0.39, 0.29) is 23.8 Å². The molecule has 0 aliphatic carbocycles. The number of hydrazone groups is 1. The normalized spacial score (nSPS) is 25.1. The molecule has 3 aliphatic rings. The summed E-state index contributed by atoms with van der Waals surface area (Å²) in [6.45, 7) is 3.07. The molecule has 3 atom stereocenters. The molecule has 1 fully saturated rings. The molecule has 0 radical (unpaired) electrons. The molecule has 1 aromatic carbocycles. The Morgan fingerprint density at radius 2 is 2.00 bits per heavy atom. The highest BCUT2D eigenvalue weighted by atomic mass is 19.4. The zero-order valence-corrected chi connectivity index (χ0v) is 16.0. The van der Waals surface area contributed by atoms with E-state index >= 15 is 0 Å². The van der Waals surface area contributed by atoms with Gasteiger partial charge in [-0.2, -0.15) is 18.3 Å². The number of rotatable bonds is 3. The second-order valence-corrected chi connectivity index (χ2v) is 7.56. The maximum Gasteiger partial charge on any atom is 0.416 e. The van der Waals surface area contributed by atoms with Crippen molar-refractivity contribution in [1.29, 1.82) is 0 Å². The highest BCUT2D eigenvalue weighted by Crippen LogP contribution is 2.33. The summed E-state index contributed by atoms with van der Waals surface area (Å²) in [6, 6.07) is 4.88. The van der Waals surface area contributed by atoms with Gasteiger partial charge in [0.25, 0.3) is 0 Å². The molecule has 29 heavy (non-hydrogen) atoms. The average Bonchev–Trinajstić information content (AvgIpc) is 3.26. The quantitative estimate of drug-likeness (QED) is 0.840. The van der Waals surface area contributed by atoms with E-state index in [1.807, 2.05) is 14.0 Å². The molecule has 4 rings (SSSR count). The third-order valence-corrected chi connectivity index (χ3v) is 5.39. The SMILES string of the molecule is C[C@@H](OC1=NC(c2ccc(C(F)(F)F)cc2)=CC2=NN(C)CC21)[C@H]1CNC(=O)C1. The highest BCUT2D eigenvalue weighted by Gasteiger charge is 2.36. The minimum Gasteiger partial charge on any atom is -0.477 e. The van der Waals surface area contributed by atoms with Crippen molar-refractivity contribution in [3.8, 4) is 0 Å². The number of nitrogens with zero attached hydrogens (tertiary/aromatic N) is 3. The summed E-state index contributed by atoms with van der Waals surface area (Å²) in [7, 11) is 1.84. The Labute approximate surface area is 166 Å². The van der Waals surface area contributed by atoms with Crippen LogP contribution in [0, 0.1) is 11.8 Å². The lowest BCUT2D eigenvalue weighted by molar-refractivity contribution is -0.137. The van der Waals surface area contributed by atoms with Crippen molar-refractivity contribution in [1.82, 2.24) is 10.3 Å². The summed E-state index contributed by atoms with van der Waals surface area (Å²) in [5.41, 5.74) is 1.12. The monoisotopic (exact) mass is 406 g/mol. The van der Waals surface area contributed by atoms with Gasteiger partial charge in [0.1, 0.15) is 6.10 Å². The fourth-order valence-corrected chi connectivity index (χ4v) is 3.70. The van der Waals surface area contributed by atoms with Gasteiger partial charge in [-0.15, -0.1) is 0 Å². The van der Waals surface area contributed by atoms with E-state index in [4.69, 9.17) is 4.74 Å². The lowest BCUT2D eigenvalue weighted by Gasteiger charge is -2.26. The van der Waals surface area contributed by atoms with E-state index < -0.39 is 11.7 Å². The van der Waals surface area contributed by atoms with E-state index in [1.165, 1.54) is 12.1 Å². The second kappa shape index (κ2) is 7.20. The number of alkyl halides is 3. The molecule has 1 unspecified atom stereocenters. The number of benzene rings is 1. The number of aliphatic imine (C=N–C) groups is 1. The number of nitrogens with one attached hydrogen (secondary N) is 1. The van der Waals surface area contributed by atoms with Crippen molar-refractivity contribution in [2.45, 2.75) is 25.6 Å². The topological polar surface area (TPSA) is 66.3 Å². The lowest BCUT2D eigenvalue weighted by Crippen LogP contribution is -2.34. The smallest absolute Gasteiger partial charge is 0.416 e. The van der Waals surface area contributed by atoms with Crippen LogP contribution in [0.4, 0.5) is 13.2 Å². The number of ether oxygens (including phenoxy) is 1. The predicted molar refractivity (Wildman–Crippen MR) is 102 cm³/mol. The van der Waals surface area contributed by atoms with E-state index in [9.17, 15) is 18.0 Å². The van der Waals surface area contributed by atoms with Crippen molar-refractivity contribution >= 4 is 23.2 Å². The number of halogens is 3. The zero-order chi connectivity index (χ0) is 20.8. The van der Waals surface area contributed by atoms with E-state index in [1.54, 1.807) is 11.1 Å². The number of hydrogen-bond acceptors (Lipinski definition) is 5. The molecule has 9 heteroatoms. The zero-order valence-electron chi connectivity index (χ0n) is 16.0. The van der Waals surface area contributed by atoms with Gasteiger partial charge in [0.15, 0.2) is 5.90 Å². The molecular weight excluding hydrogens is 385 g/mol. The van der Waals surface area contributed by atoms with Gasteiger partial charge >= 0.3 is 6.18 Å². The van der Waals surface area contributed by atoms with Crippen LogP contribution in [0.2, 0.25) is 0 Å². The molecule has 1 aromatic rings. The summed E-state index contributed by atoms with van der Waals surface area (Å²) in [5.74, 6) is 0.400. The summed E-state index contributed by atoms with van der Waals surface area (Å²) in [6.07, 6.45) is -2.43. The van der Waals surface area contributed by atoms with Gasteiger partial charge in [0, 0.05) is 31.5 Å². The van der Waals surface area contributed by atoms with E-state index in [0.717, 1.165) is 17.8 Å². The molecular formula is C20H21F3N4O2. The van der Waals surface area contributed by atoms with Crippen LogP contribution in [-0.2, 0) is 15.7 Å². The first kappa shape index (κ1) is 19.5. The molecule has 3 aliphatic heterocycles. The summed E-state index contributed by atoms with van der Waals surface area (Å²) >= 11 is 0. The number of amides is 1. The van der Waals surface area contributed by atoms with Crippen LogP contribution in [0.5, 0.6) is 0 Å². The number of hydrogen-bond donors (Lipinski definition) is 1. The van der Waals surface area contributed by atoms with Crippen LogP contribution < -0.4 is 5.32 Å². The molecule has 0 saturated carbocycles. The van der Waals surface area contributed by atoms with Gasteiger partial charge in [-0.25, -0.2) is 4.99 Å². The van der Waals surface area contributed by atoms with Crippen LogP contribution in [0.1, 0.15) is 24.5 Å². The maximum atomic E-state index is 12.8. The summed E-state index contributed by atoms with van der Waals surface area (Å²) in [5, 5.41) is 9.06. The fourth-order valence-electron chi connectivity index (χ4n) is 3.70. The van der Waals surface area contributed by atoms with Gasteiger partial charge in [0.05, 0.1) is 29.4 Å². The molecule has 1 N–H and O–H groups in total. The standard InChI is InChI=1S/C20H21F3N4O2/c1-11(13-7-18(28)24-9-13)29-19-15-10-27(2)26-17(15)8-16(25-19)12-3-5-14(6-4-12)20(21,22)23/h3-6,8,11,13,15H,7,9-10H2,1-2H3,(H,24,28)/t11-,13-,15?/m1/s1. The molecule has 1 amide bonds. The molecule has 6 nitrogen and oxygen atoms in total. The highest BCUT2D eigenvalue weighted by molar-refractivity contribution is 6.17. The third-order valence-electron chi connectivity index (χ3n) is 5.39. The molecule has 1 saturated heterocycles. The Kier molecular flexibility index (Phi) is 4.84. The van der Waals surface area contributed by atoms with Crippen molar-refractivity contribution < 1.29 is 22.7 Å². The first-order valence-corrected chi connectivity index (χ1v) is 9.41. The van der Waals surface area contributed by atoms with E-state index in [0.29, 0.717) is 36.7 Å².